The van der Waals surface area contributed by atoms with Crippen LogP contribution in [0.1, 0.15) is 54.8 Å². The fraction of sp³-hybridized carbons (Fsp3) is 0.611. The summed E-state index contributed by atoms with van der Waals surface area (Å²) in [6, 6.07) is 4.29. The maximum Gasteiger partial charge on any atom is 0.225 e. The zero-order valence-electron chi connectivity index (χ0n) is 14.4. The molecule has 6 rings (SSSR count). The summed E-state index contributed by atoms with van der Waals surface area (Å²) in [4.78, 5) is 11.4. The molecule has 0 radical (unpaired) electrons. The molecule has 4 fully saturated rings. The van der Waals surface area contributed by atoms with Crippen LogP contribution in [-0.2, 0) is 0 Å². The van der Waals surface area contributed by atoms with Crippen molar-refractivity contribution in [3.05, 3.63) is 35.4 Å². The smallest absolute Gasteiger partial charge is 0.225 e. The van der Waals surface area contributed by atoms with Gasteiger partial charge in [0.2, 0.25) is 5.95 Å². The SMILES string of the molecule is CNCC12CC(C1)N(c1nccc(C(O)c3cc(C4CC4)[nH]n3)n1)C2. The highest BCUT2D eigenvalue weighted by Gasteiger charge is 2.55. The summed E-state index contributed by atoms with van der Waals surface area (Å²) < 4.78 is 0. The van der Waals surface area contributed by atoms with Gasteiger partial charge in [0.1, 0.15) is 6.10 Å². The number of hydrogen-bond acceptors (Lipinski definition) is 6. The fourth-order valence-electron chi connectivity index (χ4n) is 4.49. The van der Waals surface area contributed by atoms with Crippen LogP contribution in [0.3, 0.4) is 0 Å². The minimum absolute atomic E-state index is 0.374. The van der Waals surface area contributed by atoms with Crippen molar-refractivity contribution in [1.29, 1.82) is 0 Å². The maximum atomic E-state index is 10.7. The number of fused-ring (bicyclic) bond motifs is 1. The highest BCUT2D eigenvalue weighted by Crippen LogP contribution is 2.52. The van der Waals surface area contributed by atoms with Gasteiger partial charge in [0.05, 0.1) is 11.4 Å². The molecule has 2 bridgehead atoms. The van der Waals surface area contributed by atoms with E-state index in [4.69, 9.17) is 0 Å². The average Bonchev–Trinajstić information content (AvgIpc) is 3.06. The Bertz CT molecular complexity index is 779. The van der Waals surface area contributed by atoms with E-state index in [0.717, 1.165) is 24.7 Å². The first-order valence-corrected chi connectivity index (χ1v) is 9.15. The van der Waals surface area contributed by atoms with Crippen LogP contribution < -0.4 is 10.2 Å². The van der Waals surface area contributed by atoms with Crippen LogP contribution in [0.25, 0.3) is 0 Å². The molecule has 3 N–H and O–H groups in total. The zero-order valence-corrected chi connectivity index (χ0v) is 14.4. The first-order chi connectivity index (χ1) is 12.2. The summed E-state index contributed by atoms with van der Waals surface area (Å²) in [5.74, 6) is 1.32. The van der Waals surface area contributed by atoms with Crippen LogP contribution in [-0.4, -0.2) is 51.5 Å². The summed E-state index contributed by atoms with van der Waals surface area (Å²) >= 11 is 0. The lowest BCUT2D eigenvalue weighted by Gasteiger charge is -2.36. The Labute approximate surface area is 146 Å². The van der Waals surface area contributed by atoms with E-state index in [1.165, 1.54) is 25.7 Å². The van der Waals surface area contributed by atoms with Crippen molar-refractivity contribution >= 4 is 5.95 Å². The van der Waals surface area contributed by atoms with Gasteiger partial charge >= 0.3 is 0 Å². The lowest BCUT2D eigenvalue weighted by Crippen LogP contribution is -2.41. The van der Waals surface area contributed by atoms with Crippen LogP contribution in [0.5, 0.6) is 0 Å². The van der Waals surface area contributed by atoms with E-state index in [-0.39, 0.29) is 0 Å². The number of nitrogens with one attached hydrogen (secondary N) is 2. The number of hydrogen-bond donors (Lipinski definition) is 3. The van der Waals surface area contributed by atoms with Gasteiger partial charge < -0.3 is 15.3 Å². The number of aliphatic hydroxyl groups is 1. The van der Waals surface area contributed by atoms with Gasteiger partial charge in [0.25, 0.3) is 0 Å². The van der Waals surface area contributed by atoms with Crippen molar-refractivity contribution in [3.63, 3.8) is 0 Å². The largest absolute Gasteiger partial charge is 0.380 e. The minimum atomic E-state index is -0.811. The monoisotopic (exact) mass is 340 g/mol. The van der Waals surface area contributed by atoms with Gasteiger partial charge in [0, 0.05) is 42.4 Å². The van der Waals surface area contributed by atoms with Crippen molar-refractivity contribution in [2.24, 2.45) is 5.41 Å². The van der Waals surface area contributed by atoms with Crippen molar-refractivity contribution < 1.29 is 5.11 Å². The van der Waals surface area contributed by atoms with Gasteiger partial charge in [-0.1, -0.05) is 0 Å². The number of aromatic amines is 1. The van der Waals surface area contributed by atoms with Gasteiger partial charge in [-0.3, -0.25) is 5.10 Å². The Morgan fingerprint density at radius 2 is 2.24 bits per heavy atom. The zero-order chi connectivity index (χ0) is 17.0. The predicted molar refractivity (Wildman–Crippen MR) is 93.4 cm³/mol. The molecule has 4 heterocycles. The quantitative estimate of drug-likeness (QED) is 0.735. The third-order valence-electron chi connectivity index (χ3n) is 5.95. The molecule has 25 heavy (non-hydrogen) atoms. The van der Waals surface area contributed by atoms with E-state index in [2.05, 4.69) is 30.4 Å². The van der Waals surface area contributed by atoms with Crippen molar-refractivity contribution in [3.8, 4) is 0 Å². The highest BCUT2D eigenvalue weighted by molar-refractivity contribution is 5.41. The molecule has 2 saturated heterocycles. The van der Waals surface area contributed by atoms with E-state index in [9.17, 15) is 5.11 Å². The molecule has 4 aliphatic rings. The molecule has 132 valence electrons. The van der Waals surface area contributed by atoms with Gasteiger partial charge in [-0.05, 0) is 44.9 Å². The third-order valence-corrected chi connectivity index (χ3v) is 5.95. The van der Waals surface area contributed by atoms with Crippen LogP contribution in [0.2, 0.25) is 0 Å². The number of anilines is 1. The number of aliphatic hydroxyl groups excluding tert-OH is 1. The normalized spacial score (nSPS) is 28.9. The Balaban J connectivity index is 1.36. The van der Waals surface area contributed by atoms with Crippen molar-refractivity contribution in [2.75, 3.05) is 25.0 Å². The predicted octanol–water partition coefficient (Wildman–Crippen LogP) is 1.35. The van der Waals surface area contributed by atoms with Crippen molar-refractivity contribution in [1.82, 2.24) is 25.5 Å². The first-order valence-electron chi connectivity index (χ1n) is 9.15. The Morgan fingerprint density at radius 1 is 1.40 bits per heavy atom. The van der Waals surface area contributed by atoms with Crippen LogP contribution in [0.4, 0.5) is 5.95 Å². The van der Waals surface area contributed by atoms with Crippen LogP contribution in [0, 0.1) is 5.41 Å². The number of rotatable bonds is 6. The van der Waals surface area contributed by atoms with E-state index in [1.807, 2.05) is 13.1 Å². The molecular formula is C18H24N6O. The Morgan fingerprint density at radius 3 is 3.00 bits per heavy atom. The second kappa shape index (κ2) is 5.51. The third kappa shape index (κ3) is 2.53. The number of aromatic nitrogens is 4. The Kier molecular flexibility index (Phi) is 3.36. The standard InChI is InChI=1S/C18H24N6O/c1-19-9-18-7-12(8-18)24(10-18)17-20-5-4-13(21-17)16(25)15-6-14(22-23-15)11-2-3-11/h4-6,11-12,16,19,25H,2-3,7-10H2,1H3,(H,22,23). The molecular weight excluding hydrogens is 316 g/mol. The van der Waals surface area contributed by atoms with Gasteiger partial charge in [-0.15, -0.1) is 0 Å². The molecule has 1 atom stereocenters. The number of nitrogens with zero attached hydrogens (tertiary/aromatic N) is 4. The van der Waals surface area contributed by atoms with Gasteiger partial charge in [0.15, 0.2) is 0 Å². The molecule has 0 amide bonds. The molecule has 7 nitrogen and oxygen atoms in total. The molecule has 2 aliphatic carbocycles. The van der Waals surface area contributed by atoms with E-state index >= 15 is 0 Å². The molecule has 0 aromatic carbocycles. The van der Waals surface area contributed by atoms with Gasteiger partial charge in [-0.25, -0.2) is 9.97 Å². The molecule has 2 aromatic rings. The lowest BCUT2D eigenvalue weighted by atomic mass is 9.70. The summed E-state index contributed by atoms with van der Waals surface area (Å²) in [5, 5.41) is 21.3. The van der Waals surface area contributed by atoms with Gasteiger partial charge in [-0.2, -0.15) is 5.10 Å². The van der Waals surface area contributed by atoms with Crippen molar-refractivity contribution in [2.45, 2.75) is 43.7 Å². The molecule has 2 aromatic heterocycles. The highest BCUT2D eigenvalue weighted by atomic mass is 16.3. The summed E-state index contributed by atoms with van der Waals surface area (Å²) in [5.41, 5.74) is 2.76. The summed E-state index contributed by atoms with van der Waals surface area (Å²) in [6.45, 7) is 2.03. The average molecular weight is 340 g/mol. The lowest BCUT2D eigenvalue weighted by molar-refractivity contribution is 0.196. The summed E-state index contributed by atoms with van der Waals surface area (Å²) in [7, 11) is 2.01. The molecule has 7 heteroatoms. The molecule has 1 unspecified atom stereocenters. The topological polar surface area (TPSA) is 90.0 Å². The first kappa shape index (κ1) is 15.3. The maximum absolute atomic E-state index is 10.7. The Hall–Kier alpha value is -1.99. The molecule has 0 spiro atoms. The van der Waals surface area contributed by atoms with E-state index in [1.54, 1.807) is 12.3 Å². The summed E-state index contributed by atoms with van der Waals surface area (Å²) in [6.07, 6.45) is 5.76. The molecule has 2 aliphatic heterocycles. The molecule has 2 saturated carbocycles. The van der Waals surface area contributed by atoms with Crippen LogP contribution in [0.15, 0.2) is 18.3 Å². The van der Waals surface area contributed by atoms with E-state index < -0.39 is 6.10 Å². The second-order valence-electron chi connectivity index (χ2n) is 7.93. The van der Waals surface area contributed by atoms with E-state index in [0.29, 0.717) is 28.8 Å². The minimum Gasteiger partial charge on any atom is -0.380 e. The second-order valence-corrected chi connectivity index (χ2v) is 7.93. The van der Waals surface area contributed by atoms with Crippen LogP contribution >= 0.6 is 0 Å². The number of H-pyrrole nitrogens is 1. The fourth-order valence-corrected chi connectivity index (χ4v) is 4.49.